The molecular formula is C22H24ClNO5. The second kappa shape index (κ2) is 11.3. The first-order chi connectivity index (χ1) is 13.9. The Hall–Kier alpha value is -2.70. The van der Waals surface area contributed by atoms with Crippen molar-refractivity contribution in [2.45, 2.75) is 26.4 Å². The van der Waals surface area contributed by atoms with Crippen molar-refractivity contribution in [1.29, 1.82) is 0 Å². The van der Waals surface area contributed by atoms with E-state index in [0.717, 1.165) is 0 Å². The molecule has 0 heterocycles. The van der Waals surface area contributed by atoms with Gasteiger partial charge in [0.25, 0.3) is 5.91 Å². The van der Waals surface area contributed by atoms with E-state index in [9.17, 15) is 14.4 Å². The molecule has 0 radical (unpaired) electrons. The van der Waals surface area contributed by atoms with Crippen LogP contribution in [0.3, 0.4) is 0 Å². The van der Waals surface area contributed by atoms with Crippen LogP contribution in [0, 0.1) is 0 Å². The minimum Gasteiger partial charge on any atom is -0.452 e. The van der Waals surface area contributed by atoms with Crippen LogP contribution in [0.1, 0.15) is 46.5 Å². The van der Waals surface area contributed by atoms with Crippen molar-refractivity contribution >= 4 is 29.3 Å². The van der Waals surface area contributed by atoms with E-state index in [1.165, 1.54) is 6.07 Å². The lowest BCUT2D eigenvalue weighted by Crippen LogP contribution is -2.30. The number of halogens is 1. The number of ketones is 1. The predicted octanol–water partition coefficient (Wildman–Crippen LogP) is 3.66. The normalized spacial score (nSPS) is 10.6. The zero-order valence-corrected chi connectivity index (χ0v) is 17.2. The van der Waals surface area contributed by atoms with Crippen molar-refractivity contribution in [3.63, 3.8) is 0 Å². The lowest BCUT2D eigenvalue weighted by atomic mass is 9.98. The Morgan fingerprint density at radius 1 is 1.00 bits per heavy atom. The van der Waals surface area contributed by atoms with Crippen LogP contribution < -0.4 is 5.32 Å². The smallest absolute Gasteiger partial charge is 0.339 e. The predicted molar refractivity (Wildman–Crippen MR) is 110 cm³/mol. The average Bonchev–Trinajstić information content (AvgIpc) is 2.71. The zero-order valence-electron chi connectivity index (χ0n) is 16.4. The van der Waals surface area contributed by atoms with Crippen molar-refractivity contribution in [3.8, 4) is 0 Å². The first-order valence-corrected chi connectivity index (χ1v) is 9.71. The molecular weight excluding hydrogens is 394 g/mol. The van der Waals surface area contributed by atoms with E-state index in [1.54, 1.807) is 42.5 Å². The second-order valence-corrected chi connectivity index (χ2v) is 7.02. The number of carbonyl (C=O) groups excluding carboxylic acids is 3. The van der Waals surface area contributed by atoms with Gasteiger partial charge in [-0.15, -0.1) is 0 Å². The number of amides is 1. The molecule has 0 bridgehead atoms. The third-order valence-electron chi connectivity index (χ3n) is 3.93. The monoisotopic (exact) mass is 417 g/mol. The average molecular weight is 418 g/mol. The summed E-state index contributed by atoms with van der Waals surface area (Å²) in [5, 5.41) is 3.17. The van der Waals surface area contributed by atoms with Crippen LogP contribution in [0.5, 0.6) is 0 Å². The van der Waals surface area contributed by atoms with Crippen molar-refractivity contribution < 1.29 is 23.9 Å². The molecule has 7 heteroatoms. The summed E-state index contributed by atoms with van der Waals surface area (Å²) in [7, 11) is 0. The van der Waals surface area contributed by atoms with E-state index < -0.39 is 18.5 Å². The van der Waals surface area contributed by atoms with Gasteiger partial charge in [-0.3, -0.25) is 9.59 Å². The molecule has 0 fully saturated rings. The summed E-state index contributed by atoms with van der Waals surface area (Å²) in [6.45, 7) is 4.42. The van der Waals surface area contributed by atoms with Crippen LogP contribution in [-0.2, 0) is 14.3 Å². The first kappa shape index (κ1) is 22.6. The minimum atomic E-state index is -0.735. The molecule has 1 N–H and O–H groups in total. The highest BCUT2D eigenvalue weighted by Gasteiger charge is 2.19. The summed E-state index contributed by atoms with van der Waals surface area (Å²) in [4.78, 5) is 37.0. The lowest BCUT2D eigenvalue weighted by Gasteiger charge is -2.10. The number of rotatable bonds is 10. The van der Waals surface area contributed by atoms with Crippen LogP contribution in [-0.4, -0.2) is 43.5 Å². The summed E-state index contributed by atoms with van der Waals surface area (Å²) in [6, 6.07) is 12.7. The van der Waals surface area contributed by atoms with Crippen molar-refractivity contribution in [2.75, 3.05) is 19.8 Å². The van der Waals surface area contributed by atoms with Gasteiger partial charge < -0.3 is 14.8 Å². The molecule has 154 valence electrons. The van der Waals surface area contributed by atoms with Crippen LogP contribution >= 0.6 is 11.6 Å². The van der Waals surface area contributed by atoms with Gasteiger partial charge in [-0.1, -0.05) is 29.8 Å². The molecule has 0 aliphatic carbocycles. The van der Waals surface area contributed by atoms with Gasteiger partial charge in [-0.05, 0) is 50.6 Å². The standard InChI is InChI=1S/C22H24ClNO5/c1-15(2)28-13-5-12-24-20(25)14-29-22(27)19-7-4-3-6-18(19)21(26)16-8-10-17(23)11-9-16/h3-4,6-11,15H,5,12-14H2,1-2H3,(H,24,25). The van der Waals surface area contributed by atoms with E-state index in [4.69, 9.17) is 21.1 Å². The van der Waals surface area contributed by atoms with Crippen LogP contribution in [0.25, 0.3) is 0 Å². The Bertz CT molecular complexity index is 849. The largest absolute Gasteiger partial charge is 0.452 e. The fourth-order valence-electron chi connectivity index (χ4n) is 2.49. The molecule has 2 aromatic rings. The molecule has 29 heavy (non-hydrogen) atoms. The highest BCUT2D eigenvalue weighted by molar-refractivity contribution is 6.30. The van der Waals surface area contributed by atoms with Gasteiger partial charge in [-0.25, -0.2) is 4.79 Å². The van der Waals surface area contributed by atoms with Crippen molar-refractivity contribution in [1.82, 2.24) is 5.32 Å². The van der Waals surface area contributed by atoms with Gasteiger partial charge in [0.05, 0.1) is 11.7 Å². The molecule has 0 spiro atoms. The van der Waals surface area contributed by atoms with Crippen molar-refractivity contribution in [2.24, 2.45) is 0 Å². The Labute approximate surface area is 175 Å². The summed E-state index contributed by atoms with van der Waals surface area (Å²) in [5.41, 5.74) is 0.702. The van der Waals surface area contributed by atoms with E-state index >= 15 is 0 Å². The Balaban J connectivity index is 1.92. The third kappa shape index (κ3) is 7.33. The van der Waals surface area contributed by atoms with Crippen LogP contribution in [0.2, 0.25) is 5.02 Å². The third-order valence-corrected chi connectivity index (χ3v) is 4.18. The summed E-state index contributed by atoms with van der Waals surface area (Å²) >= 11 is 5.85. The maximum atomic E-state index is 12.7. The zero-order chi connectivity index (χ0) is 21.2. The second-order valence-electron chi connectivity index (χ2n) is 6.58. The number of benzene rings is 2. The molecule has 0 unspecified atom stereocenters. The fraction of sp³-hybridized carbons (Fsp3) is 0.318. The molecule has 0 aliphatic heterocycles. The van der Waals surface area contributed by atoms with Gasteiger partial charge in [0.15, 0.2) is 12.4 Å². The number of carbonyl (C=O) groups is 3. The molecule has 6 nitrogen and oxygen atoms in total. The van der Waals surface area contributed by atoms with E-state index in [-0.39, 0.29) is 23.0 Å². The highest BCUT2D eigenvalue weighted by Crippen LogP contribution is 2.17. The lowest BCUT2D eigenvalue weighted by molar-refractivity contribution is -0.124. The van der Waals surface area contributed by atoms with Crippen LogP contribution in [0.4, 0.5) is 0 Å². The Morgan fingerprint density at radius 3 is 2.31 bits per heavy atom. The van der Waals surface area contributed by atoms with Gasteiger partial charge in [0.2, 0.25) is 0 Å². The summed E-state index contributed by atoms with van der Waals surface area (Å²) < 4.78 is 10.5. The van der Waals surface area contributed by atoms with Crippen molar-refractivity contribution in [3.05, 3.63) is 70.2 Å². The quantitative estimate of drug-likeness (QED) is 0.362. The molecule has 2 rings (SSSR count). The molecule has 2 aromatic carbocycles. The van der Waals surface area contributed by atoms with E-state index in [1.807, 2.05) is 13.8 Å². The first-order valence-electron chi connectivity index (χ1n) is 9.33. The SMILES string of the molecule is CC(C)OCCCNC(=O)COC(=O)c1ccccc1C(=O)c1ccc(Cl)cc1. The van der Waals surface area contributed by atoms with Gasteiger partial charge in [0.1, 0.15) is 0 Å². The number of ether oxygens (including phenoxy) is 2. The number of hydrogen-bond donors (Lipinski definition) is 1. The fourth-order valence-corrected chi connectivity index (χ4v) is 2.62. The molecule has 0 saturated carbocycles. The topological polar surface area (TPSA) is 81.7 Å². The molecule has 0 aliphatic rings. The number of hydrogen-bond acceptors (Lipinski definition) is 5. The Morgan fingerprint density at radius 2 is 1.66 bits per heavy atom. The minimum absolute atomic E-state index is 0.102. The van der Waals surface area contributed by atoms with E-state index in [0.29, 0.717) is 30.2 Å². The van der Waals surface area contributed by atoms with E-state index in [2.05, 4.69) is 5.32 Å². The molecule has 0 atom stereocenters. The molecule has 0 saturated heterocycles. The maximum Gasteiger partial charge on any atom is 0.339 e. The molecule has 1 amide bonds. The van der Waals surface area contributed by atoms with Crippen LogP contribution in [0.15, 0.2) is 48.5 Å². The highest BCUT2D eigenvalue weighted by atomic mass is 35.5. The maximum absolute atomic E-state index is 12.7. The summed E-state index contributed by atoms with van der Waals surface area (Å²) in [6.07, 6.45) is 0.804. The molecule has 0 aromatic heterocycles. The number of nitrogens with one attached hydrogen (secondary N) is 1. The summed E-state index contributed by atoms with van der Waals surface area (Å²) in [5.74, 6) is -1.48. The van der Waals surface area contributed by atoms with Gasteiger partial charge >= 0.3 is 5.97 Å². The Kier molecular flexibility index (Phi) is 8.83. The number of esters is 1. The van der Waals surface area contributed by atoms with Gasteiger partial charge in [-0.2, -0.15) is 0 Å². The van der Waals surface area contributed by atoms with Gasteiger partial charge in [0, 0.05) is 29.3 Å².